The van der Waals surface area contributed by atoms with Crippen LogP contribution in [0.2, 0.25) is 0 Å². The van der Waals surface area contributed by atoms with Gasteiger partial charge in [0.25, 0.3) is 0 Å². The SMILES string of the molecule is CCn1cncc1CNc1c(Br)cc(Br)cc1Br. The number of nitrogens with zero attached hydrogens (tertiary/aromatic N) is 2. The topological polar surface area (TPSA) is 29.9 Å². The van der Waals surface area contributed by atoms with Crippen molar-refractivity contribution < 1.29 is 0 Å². The maximum Gasteiger partial charge on any atom is 0.0948 e. The summed E-state index contributed by atoms with van der Waals surface area (Å²) in [6, 6.07) is 4.04. The average Bonchev–Trinajstić information content (AvgIpc) is 2.75. The normalized spacial score (nSPS) is 10.7. The molecule has 0 aliphatic heterocycles. The van der Waals surface area contributed by atoms with Gasteiger partial charge in [-0.05, 0) is 50.9 Å². The van der Waals surface area contributed by atoms with Gasteiger partial charge in [-0.25, -0.2) is 4.98 Å². The molecular formula is C12H12Br3N3. The van der Waals surface area contributed by atoms with E-state index in [4.69, 9.17) is 0 Å². The number of hydrogen-bond donors (Lipinski definition) is 1. The molecule has 0 bridgehead atoms. The third-order valence-electron chi connectivity index (χ3n) is 2.59. The second-order valence-corrected chi connectivity index (χ2v) is 6.39. The zero-order valence-electron chi connectivity index (χ0n) is 9.75. The van der Waals surface area contributed by atoms with Crippen LogP contribution in [0.25, 0.3) is 0 Å². The van der Waals surface area contributed by atoms with Crippen LogP contribution in [0.3, 0.4) is 0 Å². The van der Waals surface area contributed by atoms with Gasteiger partial charge in [-0.2, -0.15) is 0 Å². The lowest BCUT2D eigenvalue weighted by Gasteiger charge is -2.12. The Morgan fingerprint density at radius 2 is 1.89 bits per heavy atom. The molecule has 2 aromatic rings. The van der Waals surface area contributed by atoms with Gasteiger partial charge in [0.15, 0.2) is 0 Å². The summed E-state index contributed by atoms with van der Waals surface area (Å²) in [4.78, 5) is 4.16. The lowest BCUT2D eigenvalue weighted by Crippen LogP contribution is -2.06. The molecule has 0 saturated carbocycles. The van der Waals surface area contributed by atoms with Crippen molar-refractivity contribution in [1.29, 1.82) is 0 Å². The second kappa shape index (κ2) is 6.21. The molecule has 0 saturated heterocycles. The van der Waals surface area contributed by atoms with E-state index in [0.29, 0.717) is 0 Å². The van der Waals surface area contributed by atoms with E-state index in [1.165, 1.54) is 5.69 Å². The number of hydrogen-bond acceptors (Lipinski definition) is 2. The summed E-state index contributed by atoms with van der Waals surface area (Å²) < 4.78 is 5.19. The first-order chi connectivity index (χ1) is 8.61. The maximum absolute atomic E-state index is 4.16. The summed E-state index contributed by atoms with van der Waals surface area (Å²) in [6.45, 7) is 3.78. The largest absolute Gasteiger partial charge is 0.378 e. The van der Waals surface area contributed by atoms with Crippen molar-refractivity contribution in [1.82, 2.24) is 9.55 Å². The number of anilines is 1. The lowest BCUT2D eigenvalue weighted by atomic mass is 10.3. The molecule has 0 aliphatic rings. The fourth-order valence-electron chi connectivity index (χ4n) is 1.67. The smallest absolute Gasteiger partial charge is 0.0948 e. The highest BCUT2D eigenvalue weighted by molar-refractivity contribution is 9.11. The van der Waals surface area contributed by atoms with E-state index in [2.05, 4.69) is 69.6 Å². The number of rotatable bonds is 4. The van der Waals surface area contributed by atoms with Gasteiger partial charge in [0.1, 0.15) is 0 Å². The molecule has 96 valence electrons. The molecule has 0 fully saturated rings. The van der Waals surface area contributed by atoms with Crippen LogP contribution in [0, 0.1) is 0 Å². The van der Waals surface area contributed by atoms with E-state index in [1.807, 2.05) is 24.7 Å². The first-order valence-electron chi connectivity index (χ1n) is 5.49. The summed E-state index contributed by atoms with van der Waals surface area (Å²) in [5.41, 5.74) is 2.21. The van der Waals surface area contributed by atoms with Crippen molar-refractivity contribution in [3.63, 3.8) is 0 Å². The highest BCUT2D eigenvalue weighted by Gasteiger charge is 2.07. The Kier molecular flexibility index (Phi) is 4.86. The number of aryl methyl sites for hydroxylation is 1. The molecule has 0 amide bonds. The molecular weight excluding hydrogens is 426 g/mol. The van der Waals surface area contributed by atoms with Crippen LogP contribution in [0.4, 0.5) is 5.69 Å². The molecule has 0 aliphatic carbocycles. The Labute approximate surface area is 131 Å². The monoisotopic (exact) mass is 435 g/mol. The van der Waals surface area contributed by atoms with Crippen LogP contribution in [0.5, 0.6) is 0 Å². The van der Waals surface area contributed by atoms with Crippen molar-refractivity contribution in [3.8, 4) is 0 Å². The predicted octanol–water partition coefficient (Wildman–Crippen LogP) is 4.80. The van der Waals surface area contributed by atoms with Crippen LogP contribution in [0.15, 0.2) is 38.1 Å². The van der Waals surface area contributed by atoms with Crippen LogP contribution in [0.1, 0.15) is 12.6 Å². The Morgan fingerprint density at radius 3 is 2.50 bits per heavy atom. The van der Waals surface area contributed by atoms with E-state index >= 15 is 0 Å². The molecule has 1 N–H and O–H groups in total. The fraction of sp³-hybridized carbons (Fsp3) is 0.250. The van der Waals surface area contributed by atoms with Crippen molar-refractivity contribution >= 4 is 53.5 Å². The van der Waals surface area contributed by atoms with Gasteiger partial charge in [-0.1, -0.05) is 15.9 Å². The summed E-state index contributed by atoms with van der Waals surface area (Å²) in [6.07, 6.45) is 3.74. The summed E-state index contributed by atoms with van der Waals surface area (Å²) in [7, 11) is 0. The van der Waals surface area contributed by atoms with Gasteiger partial charge in [0.2, 0.25) is 0 Å². The van der Waals surface area contributed by atoms with Gasteiger partial charge in [-0.15, -0.1) is 0 Å². The van der Waals surface area contributed by atoms with E-state index in [9.17, 15) is 0 Å². The van der Waals surface area contributed by atoms with Crippen molar-refractivity contribution in [2.24, 2.45) is 0 Å². The highest BCUT2D eigenvalue weighted by atomic mass is 79.9. The number of benzene rings is 1. The minimum atomic E-state index is 0.743. The first kappa shape index (κ1) is 14.1. The summed E-state index contributed by atoms with van der Waals surface area (Å²) in [5.74, 6) is 0. The van der Waals surface area contributed by atoms with Crippen LogP contribution in [-0.2, 0) is 13.1 Å². The van der Waals surface area contributed by atoms with Crippen molar-refractivity contribution in [2.45, 2.75) is 20.0 Å². The minimum absolute atomic E-state index is 0.743. The molecule has 0 radical (unpaired) electrons. The van der Waals surface area contributed by atoms with E-state index in [-0.39, 0.29) is 0 Å². The molecule has 0 unspecified atom stereocenters. The second-order valence-electron chi connectivity index (χ2n) is 3.77. The summed E-state index contributed by atoms with van der Waals surface area (Å²) >= 11 is 10.6. The van der Waals surface area contributed by atoms with Gasteiger partial charge < -0.3 is 9.88 Å². The van der Waals surface area contributed by atoms with Gasteiger partial charge >= 0.3 is 0 Å². The van der Waals surface area contributed by atoms with Crippen LogP contribution >= 0.6 is 47.8 Å². The Bertz CT molecular complexity index is 528. The van der Waals surface area contributed by atoms with Crippen LogP contribution in [-0.4, -0.2) is 9.55 Å². The number of aromatic nitrogens is 2. The fourth-order valence-corrected chi connectivity index (χ4v) is 4.21. The predicted molar refractivity (Wildman–Crippen MR) is 84.8 cm³/mol. The molecule has 0 spiro atoms. The van der Waals surface area contributed by atoms with Gasteiger partial charge in [0.05, 0.1) is 24.3 Å². The molecule has 1 aromatic heterocycles. The van der Waals surface area contributed by atoms with E-state index < -0.39 is 0 Å². The Morgan fingerprint density at radius 1 is 1.22 bits per heavy atom. The zero-order valence-corrected chi connectivity index (χ0v) is 14.5. The van der Waals surface area contributed by atoms with Crippen molar-refractivity contribution in [3.05, 3.63) is 43.8 Å². The van der Waals surface area contributed by atoms with Crippen LogP contribution < -0.4 is 5.32 Å². The molecule has 6 heteroatoms. The standard InChI is InChI=1S/C12H12Br3N3/c1-2-18-7-16-5-9(18)6-17-12-10(14)3-8(13)4-11(12)15/h3-5,7,17H,2,6H2,1H3. The third-order valence-corrected chi connectivity index (χ3v) is 4.30. The lowest BCUT2D eigenvalue weighted by molar-refractivity contribution is 0.719. The molecule has 2 rings (SSSR count). The van der Waals surface area contributed by atoms with E-state index in [0.717, 1.165) is 32.2 Å². The highest BCUT2D eigenvalue weighted by Crippen LogP contribution is 2.34. The van der Waals surface area contributed by atoms with E-state index in [1.54, 1.807) is 0 Å². The zero-order chi connectivity index (χ0) is 13.1. The molecule has 1 aromatic carbocycles. The Hall–Kier alpha value is -0.330. The average molecular weight is 438 g/mol. The number of imidazole rings is 1. The van der Waals surface area contributed by atoms with Gasteiger partial charge in [0, 0.05) is 26.2 Å². The minimum Gasteiger partial charge on any atom is -0.378 e. The quantitative estimate of drug-likeness (QED) is 0.744. The Balaban J connectivity index is 2.16. The molecule has 18 heavy (non-hydrogen) atoms. The number of nitrogens with one attached hydrogen (secondary N) is 1. The summed E-state index contributed by atoms with van der Waals surface area (Å²) in [5, 5.41) is 3.41. The maximum atomic E-state index is 4.16. The third kappa shape index (κ3) is 3.16. The molecule has 1 heterocycles. The van der Waals surface area contributed by atoms with Crippen molar-refractivity contribution in [2.75, 3.05) is 5.32 Å². The molecule has 3 nitrogen and oxygen atoms in total. The first-order valence-corrected chi connectivity index (χ1v) is 7.87. The molecule has 0 atom stereocenters. The number of halogens is 3. The van der Waals surface area contributed by atoms with Gasteiger partial charge in [-0.3, -0.25) is 0 Å².